The van der Waals surface area contributed by atoms with Crippen molar-refractivity contribution in [3.8, 4) is 0 Å². The third-order valence-corrected chi connectivity index (χ3v) is 6.79. The standard InChI is InChI=1S/C29H26F5N3O2/c1-17-10-12-38-20(15-22(17)21-9-8-18(28(2,30)31)13-23(21)29(32,33)34)14-19-5-3-6-24-25(16-35-19)37-27(36-24)26-7-4-11-39-26/h4,6-9,11,13,15-16,19H,3,5,10,12,14H2,1-2H3. The maximum atomic E-state index is 14.0. The number of nitrogens with zero attached hydrogens (tertiary/aromatic N) is 3. The topological polar surface area (TPSA) is 59.5 Å². The number of amidine groups is 1. The van der Waals surface area contributed by atoms with E-state index in [1.165, 1.54) is 0 Å². The van der Waals surface area contributed by atoms with Crippen LogP contribution in [0.1, 0.15) is 62.0 Å². The minimum atomic E-state index is -4.81. The van der Waals surface area contributed by atoms with Crippen LogP contribution in [-0.4, -0.2) is 30.4 Å². The zero-order valence-electron chi connectivity index (χ0n) is 21.4. The smallest absolute Gasteiger partial charge is 0.417 e. The van der Waals surface area contributed by atoms with Gasteiger partial charge in [0.2, 0.25) is 0 Å². The lowest BCUT2D eigenvalue weighted by molar-refractivity contribution is -0.138. The average Bonchev–Trinajstić information content (AvgIpc) is 3.48. The largest absolute Gasteiger partial charge is 0.498 e. The molecule has 1 aromatic carbocycles. The zero-order chi connectivity index (χ0) is 27.8. The van der Waals surface area contributed by atoms with E-state index >= 15 is 0 Å². The molecule has 0 saturated heterocycles. The Morgan fingerprint density at radius 1 is 1.08 bits per heavy atom. The van der Waals surface area contributed by atoms with Gasteiger partial charge in [-0.1, -0.05) is 23.8 Å². The predicted molar refractivity (Wildman–Crippen MR) is 139 cm³/mol. The number of fused-ring (bicyclic) bond motifs is 1. The van der Waals surface area contributed by atoms with Crippen LogP contribution in [-0.2, 0) is 16.8 Å². The van der Waals surface area contributed by atoms with Gasteiger partial charge in [-0.25, -0.2) is 18.8 Å². The fourth-order valence-corrected chi connectivity index (χ4v) is 4.69. The normalized spacial score (nSPS) is 20.2. The monoisotopic (exact) mass is 543 g/mol. The molecule has 1 unspecified atom stereocenters. The second-order valence-corrected chi connectivity index (χ2v) is 9.76. The fraction of sp³-hybridized carbons (Fsp3) is 0.345. The number of hydrogen-bond donors (Lipinski definition) is 0. The summed E-state index contributed by atoms with van der Waals surface area (Å²) < 4.78 is 81.0. The van der Waals surface area contributed by atoms with Crippen molar-refractivity contribution in [1.29, 1.82) is 0 Å². The number of halogens is 5. The summed E-state index contributed by atoms with van der Waals surface area (Å²) >= 11 is 0. The van der Waals surface area contributed by atoms with Gasteiger partial charge in [-0.2, -0.15) is 13.2 Å². The summed E-state index contributed by atoms with van der Waals surface area (Å²) in [7, 11) is 0. The van der Waals surface area contributed by atoms with Crippen molar-refractivity contribution < 1.29 is 31.1 Å². The van der Waals surface area contributed by atoms with Crippen LogP contribution in [0.2, 0.25) is 0 Å². The molecule has 5 rings (SSSR count). The Balaban J connectivity index is 1.42. The van der Waals surface area contributed by atoms with Gasteiger partial charge in [0.15, 0.2) is 11.6 Å². The first-order valence-corrected chi connectivity index (χ1v) is 12.6. The van der Waals surface area contributed by atoms with Crippen LogP contribution in [0.4, 0.5) is 22.0 Å². The Labute approximate surface area is 222 Å². The minimum Gasteiger partial charge on any atom is -0.498 e. The first-order valence-electron chi connectivity index (χ1n) is 12.6. The number of aliphatic imine (C=N–C) groups is 3. The van der Waals surface area contributed by atoms with Crippen molar-refractivity contribution in [2.75, 3.05) is 6.61 Å². The molecule has 1 aromatic heterocycles. The SMILES string of the molecule is CC1=C(c2ccc(C(C)(F)F)cc2C(F)(F)F)C=C(CC2CCC=C3N=C(c4ccco4)N=C3C=N2)OCC1. The summed E-state index contributed by atoms with van der Waals surface area (Å²) in [6, 6.07) is 6.05. The molecule has 0 radical (unpaired) electrons. The molecule has 39 heavy (non-hydrogen) atoms. The number of furan rings is 1. The Morgan fingerprint density at radius 3 is 2.62 bits per heavy atom. The molecule has 0 amide bonds. The van der Waals surface area contributed by atoms with Crippen LogP contribution in [0, 0.1) is 0 Å². The molecule has 10 heteroatoms. The molecule has 0 fully saturated rings. The highest BCUT2D eigenvalue weighted by Crippen LogP contribution is 2.41. The molecule has 1 atom stereocenters. The van der Waals surface area contributed by atoms with Gasteiger partial charge >= 0.3 is 6.18 Å². The van der Waals surface area contributed by atoms with Crippen LogP contribution in [0.15, 0.2) is 85.2 Å². The molecular weight excluding hydrogens is 517 g/mol. The van der Waals surface area contributed by atoms with Gasteiger partial charge in [-0.15, -0.1) is 0 Å². The van der Waals surface area contributed by atoms with E-state index in [4.69, 9.17) is 9.15 Å². The molecule has 3 aliphatic rings. The lowest BCUT2D eigenvalue weighted by atomic mass is 9.91. The summed E-state index contributed by atoms with van der Waals surface area (Å²) in [6.07, 6.45) is 4.08. The first kappa shape index (κ1) is 26.8. The van der Waals surface area contributed by atoms with Crippen molar-refractivity contribution in [2.24, 2.45) is 15.0 Å². The van der Waals surface area contributed by atoms with Gasteiger partial charge in [-0.05, 0) is 55.2 Å². The number of hydrogen-bond acceptors (Lipinski definition) is 5. The predicted octanol–water partition coefficient (Wildman–Crippen LogP) is 7.90. The molecule has 0 spiro atoms. The molecular formula is C29H26F5N3O2. The van der Waals surface area contributed by atoms with Gasteiger partial charge in [0.05, 0.1) is 35.9 Å². The second kappa shape index (κ2) is 10.4. The fourth-order valence-electron chi connectivity index (χ4n) is 4.69. The third kappa shape index (κ3) is 5.94. The van der Waals surface area contributed by atoms with E-state index in [2.05, 4.69) is 15.0 Å². The Bertz CT molecular complexity index is 1440. The summed E-state index contributed by atoms with van der Waals surface area (Å²) in [5.41, 5.74) is 0.416. The van der Waals surface area contributed by atoms with Crippen LogP contribution in [0.25, 0.3) is 5.57 Å². The van der Waals surface area contributed by atoms with E-state index in [0.717, 1.165) is 17.8 Å². The van der Waals surface area contributed by atoms with E-state index < -0.39 is 23.2 Å². The van der Waals surface area contributed by atoms with Gasteiger partial charge in [0, 0.05) is 31.5 Å². The van der Waals surface area contributed by atoms with Crippen LogP contribution < -0.4 is 0 Å². The quantitative estimate of drug-likeness (QED) is 0.360. The van der Waals surface area contributed by atoms with Crippen molar-refractivity contribution in [3.63, 3.8) is 0 Å². The van der Waals surface area contributed by atoms with Crippen molar-refractivity contribution in [2.45, 2.75) is 57.7 Å². The third-order valence-electron chi connectivity index (χ3n) is 6.79. The van der Waals surface area contributed by atoms with Crippen LogP contribution in [0.3, 0.4) is 0 Å². The summed E-state index contributed by atoms with van der Waals surface area (Å²) in [5, 5.41) is 0. The molecule has 0 bridgehead atoms. The number of ether oxygens (including phenoxy) is 1. The molecule has 3 aliphatic heterocycles. The van der Waals surface area contributed by atoms with E-state index in [0.29, 0.717) is 79.5 Å². The first-order chi connectivity index (χ1) is 18.5. The second-order valence-electron chi connectivity index (χ2n) is 9.76. The van der Waals surface area contributed by atoms with Crippen LogP contribution in [0.5, 0.6) is 0 Å². The molecule has 0 saturated carbocycles. The summed E-state index contributed by atoms with van der Waals surface area (Å²) in [5.74, 6) is -1.88. The van der Waals surface area contributed by atoms with E-state index in [-0.39, 0.29) is 11.6 Å². The van der Waals surface area contributed by atoms with Crippen molar-refractivity contribution in [3.05, 3.63) is 88.2 Å². The molecule has 204 valence electrons. The van der Waals surface area contributed by atoms with E-state index in [1.807, 2.05) is 6.08 Å². The molecule has 4 heterocycles. The Morgan fingerprint density at radius 2 is 1.90 bits per heavy atom. The lowest BCUT2D eigenvalue weighted by Gasteiger charge is -2.19. The van der Waals surface area contributed by atoms with Gasteiger partial charge in [-0.3, -0.25) is 4.99 Å². The van der Waals surface area contributed by atoms with Gasteiger partial charge in [0.25, 0.3) is 5.92 Å². The van der Waals surface area contributed by atoms with E-state index in [1.54, 1.807) is 37.6 Å². The summed E-state index contributed by atoms with van der Waals surface area (Å²) in [4.78, 5) is 13.7. The Hall–Kier alpha value is -3.82. The van der Waals surface area contributed by atoms with Gasteiger partial charge in [0.1, 0.15) is 5.71 Å². The highest BCUT2D eigenvalue weighted by molar-refractivity contribution is 6.42. The minimum absolute atomic E-state index is 0.146. The molecule has 0 aliphatic carbocycles. The number of rotatable bonds is 5. The number of allylic oxidation sites excluding steroid dienone is 4. The van der Waals surface area contributed by atoms with E-state index in [9.17, 15) is 22.0 Å². The highest BCUT2D eigenvalue weighted by Gasteiger charge is 2.37. The zero-order valence-corrected chi connectivity index (χ0v) is 21.4. The molecule has 5 nitrogen and oxygen atoms in total. The summed E-state index contributed by atoms with van der Waals surface area (Å²) in [6.45, 7) is 2.61. The average molecular weight is 544 g/mol. The maximum Gasteiger partial charge on any atom is 0.417 e. The van der Waals surface area contributed by atoms with Crippen LogP contribution >= 0.6 is 0 Å². The van der Waals surface area contributed by atoms with Crippen molar-refractivity contribution in [1.82, 2.24) is 0 Å². The maximum absolute atomic E-state index is 14.0. The number of alkyl halides is 5. The molecule has 2 aromatic rings. The molecule has 0 N–H and O–H groups in total. The van der Waals surface area contributed by atoms with Crippen molar-refractivity contribution >= 4 is 23.3 Å². The van der Waals surface area contributed by atoms with Gasteiger partial charge < -0.3 is 9.15 Å². The Kier molecular flexibility index (Phi) is 7.13. The number of benzene rings is 1. The highest BCUT2D eigenvalue weighted by atomic mass is 19.4. The lowest BCUT2D eigenvalue weighted by Crippen LogP contribution is -2.14.